The molecule has 3 rings (SSSR count). The molecule has 0 aromatic heterocycles. The monoisotopic (exact) mass is 340 g/mol. The summed E-state index contributed by atoms with van der Waals surface area (Å²) in [5.74, 6) is 0.458. The molecule has 0 radical (unpaired) electrons. The molecule has 114 valence electrons. The summed E-state index contributed by atoms with van der Waals surface area (Å²) in [6.07, 6.45) is 2.51. The lowest BCUT2D eigenvalue weighted by Gasteiger charge is -2.35. The highest BCUT2D eigenvalue weighted by molar-refractivity contribution is 6.30. The van der Waals surface area contributed by atoms with Crippen LogP contribution in [-0.4, -0.2) is 31.1 Å². The molecule has 1 atom stereocenters. The molecule has 20 heavy (non-hydrogen) atoms. The zero-order valence-corrected chi connectivity index (χ0v) is 13.5. The smallest absolute Gasteiger partial charge is 0.125 e. The number of halogens is 4. The minimum atomic E-state index is -0.224. The second-order valence-corrected chi connectivity index (χ2v) is 5.71. The van der Waals surface area contributed by atoms with E-state index < -0.39 is 0 Å². The van der Waals surface area contributed by atoms with Crippen molar-refractivity contribution in [1.29, 1.82) is 0 Å². The first-order chi connectivity index (χ1) is 8.74. The number of hydrogen-bond donors (Lipinski definition) is 1. The summed E-state index contributed by atoms with van der Waals surface area (Å²) >= 11 is 5.99. The summed E-state index contributed by atoms with van der Waals surface area (Å²) < 4.78 is 13.5. The predicted octanol–water partition coefficient (Wildman–Crippen LogP) is 3.68. The van der Waals surface area contributed by atoms with Gasteiger partial charge in [0.25, 0.3) is 0 Å². The highest BCUT2D eigenvalue weighted by Gasteiger charge is 2.36. The van der Waals surface area contributed by atoms with Crippen LogP contribution in [0.2, 0.25) is 5.02 Å². The molecular formula is C14H20Cl3FN2. The molecule has 2 fully saturated rings. The molecule has 2 nitrogen and oxygen atoms in total. The Bertz CT molecular complexity index is 414. The van der Waals surface area contributed by atoms with Crippen LogP contribution < -0.4 is 5.32 Å². The Morgan fingerprint density at radius 2 is 1.80 bits per heavy atom. The van der Waals surface area contributed by atoms with Gasteiger partial charge in [-0.1, -0.05) is 11.6 Å². The molecule has 1 N–H and O–H groups in total. The van der Waals surface area contributed by atoms with Crippen LogP contribution in [-0.2, 0) is 0 Å². The number of rotatable bonds is 3. The van der Waals surface area contributed by atoms with Gasteiger partial charge in [0.2, 0.25) is 0 Å². The maximum Gasteiger partial charge on any atom is 0.125 e. The Morgan fingerprint density at radius 1 is 1.15 bits per heavy atom. The number of nitrogens with one attached hydrogen (secondary N) is 1. The molecule has 1 saturated carbocycles. The highest BCUT2D eigenvalue weighted by Crippen LogP contribution is 2.45. The van der Waals surface area contributed by atoms with E-state index in [-0.39, 0.29) is 30.6 Å². The summed E-state index contributed by atoms with van der Waals surface area (Å²) in [5, 5.41) is 3.87. The van der Waals surface area contributed by atoms with Crippen molar-refractivity contribution in [3.8, 4) is 0 Å². The zero-order valence-electron chi connectivity index (χ0n) is 11.1. The third-order valence-electron chi connectivity index (χ3n) is 3.84. The highest BCUT2D eigenvalue weighted by atomic mass is 35.5. The standard InChI is InChI=1S/C14H18ClFN2.2ClH/c15-12-7-11(8-13(16)9-12)14(10-1-2-10)18-5-3-17-4-6-18;;/h7-10,14,17H,1-6H2;2*1H/t14-;;/m1../s1. The van der Waals surface area contributed by atoms with Gasteiger partial charge in [0.05, 0.1) is 0 Å². The van der Waals surface area contributed by atoms with E-state index in [1.807, 2.05) is 6.07 Å². The summed E-state index contributed by atoms with van der Waals surface area (Å²) in [5.41, 5.74) is 1.05. The molecule has 1 saturated heterocycles. The number of hydrogen-bond acceptors (Lipinski definition) is 2. The van der Waals surface area contributed by atoms with Crippen molar-refractivity contribution in [1.82, 2.24) is 10.2 Å². The lowest BCUT2D eigenvalue weighted by atomic mass is 9.99. The molecule has 1 heterocycles. The Labute approximate surface area is 136 Å². The number of nitrogens with zero attached hydrogens (tertiary/aromatic N) is 1. The SMILES string of the molecule is Cl.Cl.Fc1cc(Cl)cc([C@@H](C2CC2)N2CCNCC2)c1. The fourth-order valence-electron chi connectivity index (χ4n) is 2.90. The van der Waals surface area contributed by atoms with E-state index in [4.69, 9.17) is 11.6 Å². The average molecular weight is 342 g/mol. The van der Waals surface area contributed by atoms with E-state index in [9.17, 15) is 4.39 Å². The molecule has 1 aliphatic carbocycles. The van der Waals surface area contributed by atoms with Gasteiger partial charge in [0.15, 0.2) is 0 Å². The van der Waals surface area contributed by atoms with Gasteiger partial charge in [0, 0.05) is 37.2 Å². The topological polar surface area (TPSA) is 15.3 Å². The maximum absolute atomic E-state index is 13.5. The largest absolute Gasteiger partial charge is 0.314 e. The molecule has 2 aliphatic rings. The van der Waals surface area contributed by atoms with Crippen LogP contribution in [0.25, 0.3) is 0 Å². The van der Waals surface area contributed by atoms with E-state index in [1.54, 1.807) is 6.07 Å². The van der Waals surface area contributed by atoms with E-state index in [1.165, 1.54) is 18.9 Å². The van der Waals surface area contributed by atoms with Gasteiger partial charge in [-0.2, -0.15) is 0 Å². The van der Waals surface area contributed by atoms with Crippen LogP contribution in [0.4, 0.5) is 4.39 Å². The molecular weight excluding hydrogens is 322 g/mol. The summed E-state index contributed by atoms with van der Waals surface area (Å²) in [6.45, 7) is 4.11. The molecule has 1 aliphatic heterocycles. The third-order valence-corrected chi connectivity index (χ3v) is 4.06. The first kappa shape index (κ1) is 18.0. The van der Waals surface area contributed by atoms with Gasteiger partial charge in [-0.25, -0.2) is 4.39 Å². The normalized spacial score (nSPS) is 20.7. The van der Waals surface area contributed by atoms with Crippen molar-refractivity contribution >= 4 is 36.4 Å². The van der Waals surface area contributed by atoms with Crippen LogP contribution in [0.3, 0.4) is 0 Å². The van der Waals surface area contributed by atoms with Crippen LogP contribution >= 0.6 is 36.4 Å². The van der Waals surface area contributed by atoms with Crippen molar-refractivity contribution in [2.75, 3.05) is 26.2 Å². The summed E-state index contributed by atoms with van der Waals surface area (Å²) in [6, 6.07) is 5.31. The molecule has 1 aromatic rings. The van der Waals surface area contributed by atoms with E-state index in [0.29, 0.717) is 17.0 Å². The minimum absolute atomic E-state index is 0. The molecule has 1 aromatic carbocycles. The van der Waals surface area contributed by atoms with Crippen LogP contribution in [0.1, 0.15) is 24.4 Å². The van der Waals surface area contributed by atoms with Crippen LogP contribution in [0.15, 0.2) is 18.2 Å². The van der Waals surface area contributed by atoms with E-state index in [0.717, 1.165) is 31.7 Å². The Balaban J connectivity index is 0.000001000. The van der Waals surface area contributed by atoms with Gasteiger partial charge in [-0.15, -0.1) is 24.8 Å². The van der Waals surface area contributed by atoms with Gasteiger partial charge in [-0.05, 0) is 42.5 Å². The van der Waals surface area contributed by atoms with Gasteiger partial charge >= 0.3 is 0 Å². The van der Waals surface area contributed by atoms with Crippen molar-refractivity contribution in [3.05, 3.63) is 34.6 Å². The lowest BCUT2D eigenvalue weighted by molar-refractivity contribution is 0.156. The molecule has 0 amide bonds. The van der Waals surface area contributed by atoms with Crippen LogP contribution in [0.5, 0.6) is 0 Å². The van der Waals surface area contributed by atoms with Crippen molar-refractivity contribution in [2.45, 2.75) is 18.9 Å². The van der Waals surface area contributed by atoms with Gasteiger partial charge in [0.1, 0.15) is 5.82 Å². The first-order valence-electron chi connectivity index (χ1n) is 6.65. The minimum Gasteiger partial charge on any atom is -0.314 e. The summed E-state index contributed by atoms with van der Waals surface area (Å²) in [4.78, 5) is 2.47. The Morgan fingerprint density at radius 3 is 2.35 bits per heavy atom. The lowest BCUT2D eigenvalue weighted by Crippen LogP contribution is -2.45. The fourth-order valence-corrected chi connectivity index (χ4v) is 3.13. The molecule has 0 unspecified atom stereocenters. The average Bonchev–Trinajstić information content (AvgIpc) is 3.14. The van der Waals surface area contributed by atoms with Gasteiger partial charge < -0.3 is 5.32 Å². The third kappa shape index (κ3) is 4.22. The quantitative estimate of drug-likeness (QED) is 0.902. The Kier molecular flexibility index (Phi) is 7.02. The first-order valence-corrected chi connectivity index (χ1v) is 7.02. The Hall–Kier alpha value is -0.0600. The van der Waals surface area contributed by atoms with E-state index in [2.05, 4.69) is 10.2 Å². The molecule has 0 spiro atoms. The van der Waals surface area contributed by atoms with Crippen molar-refractivity contribution in [3.63, 3.8) is 0 Å². The number of piperazine rings is 1. The van der Waals surface area contributed by atoms with Crippen LogP contribution in [0, 0.1) is 11.7 Å². The second-order valence-electron chi connectivity index (χ2n) is 5.27. The predicted molar refractivity (Wildman–Crippen MR) is 85.8 cm³/mol. The van der Waals surface area contributed by atoms with Gasteiger partial charge in [-0.3, -0.25) is 4.90 Å². The van der Waals surface area contributed by atoms with Crippen molar-refractivity contribution < 1.29 is 4.39 Å². The molecule has 0 bridgehead atoms. The maximum atomic E-state index is 13.5. The zero-order chi connectivity index (χ0) is 12.5. The number of benzene rings is 1. The van der Waals surface area contributed by atoms with E-state index >= 15 is 0 Å². The second kappa shape index (κ2) is 7.81. The van der Waals surface area contributed by atoms with Crippen molar-refractivity contribution in [2.24, 2.45) is 5.92 Å². The molecule has 6 heteroatoms. The summed E-state index contributed by atoms with van der Waals surface area (Å²) in [7, 11) is 0. The fraction of sp³-hybridized carbons (Fsp3) is 0.571.